The van der Waals surface area contributed by atoms with Crippen LogP contribution in [0.3, 0.4) is 0 Å². The van der Waals surface area contributed by atoms with Gasteiger partial charge in [-0.25, -0.2) is 0 Å². The Kier molecular flexibility index (Phi) is 7.41. The maximum Gasteiger partial charge on any atom is 0.295 e. The van der Waals surface area contributed by atoms with E-state index in [9.17, 15) is 14.7 Å². The van der Waals surface area contributed by atoms with Gasteiger partial charge in [-0.15, -0.1) is 11.3 Å². The van der Waals surface area contributed by atoms with Gasteiger partial charge in [-0.2, -0.15) is 0 Å². The minimum atomic E-state index is -0.632. The largest absolute Gasteiger partial charge is 0.507 e. The number of aliphatic hydroxyl groups excluding tert-OH is 1. The molecule has 1 amide bonds. The van der Waals surface area contributed by atoms with Crippen LogP contribution in [0.1, 0.15) is 53.8 Å². The number of methoxy groups -OCH3 is 1. The fraction of sp³-hybridized carbons (Fsp3) is 0.440. The number of ketones is 1. The summed E-state index contributed by atoms with van der Waals surface area (Å²) < 4.78 is 5.52. The van der Waals surface area contributed by atoms with Gasteiger partial charge in [0.05, 0.1) is 18.7 Å². The molecule has 0 saturated carbocycles. The summed E-state index contributed by atoms with van der Waals surface area (Å²) in [5, 5.41) is 13.3. The van der Waals surface area contributed by atoms with Crippen LogP contribution < -0.4 is 4.74 Å². The van der Waals surface area contributed by atoms with Gasteiger partial charge in [-0.3, -0.25) is 9.59 Å². The number of carbonyl (C=O) groups excluding carboxylic acids is 2. The van der Waals surface area contributed by atoms with Crippen LogP contribution in [0.4, 0.5) is 0 Å². The zero-order valence-electron chi connectivity index (χ0n) is 19.6. The topological polar surface area (TPSA) is 70.1 Å². The Bertz CT molecular complexity index is 1020. The zero-order chi connectivity index (χ0) is 23.6. The summed E-state index contributed by atoms with van der Waals surface area (Å²) in [5.74, 6) is -0.406. The highest BCUT2D eigenvalue weighted by Gasteiger charge is 2.46. The smallest absolute Gasteiger partial charge is 0.295 e. The van der Waals surface area contributed by atoms with Gasteiger partial charge < -0.3 is 19.6 Å². The van der Waals surface area contributed by atoms with E-state index in [1.807, 2.05) is 69.4 Å². The van der Waals surface area contributed by atoms with Crippen LogP contribution in [-0.4, -0.2) is 60.9 Å². The molecule has 1 aromatic heterocycles. The maximum atomic E-state index is 13.1. The van der Waals surface area contributed by atoms with Crippen molar-refractivity contribution in [3.63, 3.8) is 0 Å². The first-order valence-corrected chi connectivity index (χ1v) is 11.7. The SMILES string of the molecule is COc1cc(C)c(/C(O)=C2\C(=O)C(=O)N(CCCN(C)C)C2c2cccs2)cc1C(C)C. The van der Waals surface area contributed by atoms with E-state index in [4.69, 9.17) is 4.74 Å². The van der Waals surface area contributed by atoms with E-state index in [-0.39, 0.29) is 17.3 Å². The summed E-state index contributed by atoms with van der Waals surface area (Å²) in [6.45, 7) is 7.21. The number of nitrogens with zero attached hydrogens (tertiary/aromatic N) is 2. The van der Waals surface area contributed by atoms with Crippen molar-refractivity contribution in [1.29, 1.82) is 0 Å². The first-order chi connectivity index (χ1) is 15.2. The van der Waals surface area contributed by atoms with Crippen molar-refractivity contribution in [1.82, 2.24) is 9.80 Å². The molecular formula is C25H32N2O4S. The Morgan fingerprint density at radius 1 is 1.28 bits per heavy atom. The van der Waals surface area contributed by atoms with Crippen LogP contribution in [0.5, 0.6) is 5.75 Å². The molecule has 0 bridgehead atoms. The highest BCUT2D eigenvalue weighted by molar-refractivity contribution is 7.10. The Labute approximate surface area is 194 Å². The number of benzene rings is 1. The van der Waals surface area contributed by atoms with Crippen LogP contribution in [0.25, 0.3) is 5.76 Å². The molecule has 7 heteroatoms. The molecule has 1 unspecified atom stereocenters. The first kappa shape index (κ1) is 24.0. The third-order valence-corrected chi connectivity index (χ3v) is 6.74. The molecule has 1 saturated heterocycles. The Balaban J connectivity index is 2.14. The molecule has 1 atom stereocenters. The fourth-order valence-corrected chi connectivity index (χ4v) is 4.98. The molecule has 0 radical (unpaired) electrons. The number of likely N-dealkylation sites (tertiary alicyclic amines) is 1. The molecule has 0 spiro atoms. The number of Topliss-reactive ketones (excluding diaryl/α,β-unsaturated/α-hetero) is 1. The summed E-state index contributed by atoms with van der Waals surface area (Å²) in [4.78, 5) is 30.7. The number of aryl methyl sites for hydroxylation is 1. The van der Waals surface area contributed by atoms with Crippen LogP contribution in [-0.2, 0) is 9.59 Å². The first-order valence-electron chi connectivity index (χ1n) is 10.8. The molecule has 1 aromatic carbocycles. The fourth-order valence-electron chi connectivity index (χ4n) is 4.14. The summed E-state index contributed by atoms with van der Waals surface area (Å²) in [6, 6.07) is 6.97. The third kappa shape index (κ3) is 4.59. The van der Waals surface area contributed by atoms with E-state index < -0.39 is 17.7 Å². The lowest BCUT2D eigenvalue weighted by molar-refractivity contribution is -0.139. The van der Waals surface area contributed by atoms with Gasteiger partial charge in [0.25, 0.3) is 11.7 Å². The average Bonchev–Trinajstić information content (AvgIpc) is 3.35. The zero-order valence-corrected chi connectivity index (χ0v) is 20.5. The highest BCUT2D eigenvalue weighted by Crippen LogP contribution is 2.42. The third-order valence-electron chi connectivity index (χ3n) is 5.81. The van der Waals surface area contributed by atoms with E-state index >= 15 is 0 Å². The summed E-state index contributed by atoms with van der Waals surface area (Å²) in [7, 11) is 5.57. The monoisotopic (exact) mass is 456 g/mol. The van der Waals surface area contributed by atoms with E-state index in [0.29, 0.717) is 12.1 Å². The van der Waals surface area contributed by atoms with Crippen molar-refractivity contribution in [2.45, 2.75) is 39.2 Å². The molecule has 1 fully saturated rings. The Morgan fingerprint density at radius 2 is 2.00 bits per heavy atom. The van der Waals surface area contributed by atoms with E-state index in [0.717, 1.165) is 34.7 Å². The molecule has 1 aliphatic heterocycles. The lowest BCUT2D eigenvalue weighted by atomic mass is 9.92. The normalized spacial score (nSPS) is 18.2. The van der Waals surface area contributed by atoms with Crippen LogP contribution in [0.2, 0.25) is 0 Å². The van der Waals surface area contributed by atoms with Crippen molar-refractivity contribution >= 4 is 28.8 Å². The van der Waals surface area contributed by atoms with E-state index in [1.165, 1.54) is 11.3 Å². The Hall–Kier alpha value is -2.64. The van der Waals surface area contributed by atoms with Crippen molar-refractivity contribution in [3.05, 3.63) is 56.8 Å². The minimum Gasteiger partial charge on any atom is -0.507 e. The second-order valence-corrected chi connectivity index (χ2v) is 9.71. The molecule has 0 aliphatic carbocycles. The van der Waals surface area contributed by atoms with Crippen LogP contribution >= 0.6 is 11.3 Å². The molecule has 2 heterocycles. The van der Waals surface area contributed by atoms with Gasteiger partial charge >= 0.3 is 0 Å². The lowest BCUT2D eigenvalue weighted by Gasteiger charge is -2.25. The minimum absolute atomic E-state index is 0.126. The standard InChI is InChI=1S/C25H32N2O4S/c1-15(2)17-14-18(16(3)13-19(17)31-6)23(28)21-22(20-9-7-12-32-20)27(25(30)24(21)29)11-8-10-26(4)5/h7,9,12-15,22,28H,8,10-11H2,1-6H3/b23-21+. The van der Waals surface area contributed by atoms with Gasteiger partial charge in [0.1, 0.15) is 11.5 Å². The molecule has 3 rings (SSSR count). The molecule has 1 aliphatic rings. The van der Waals surface area contributed by atoms with Gasteiger partial charge in [0.2, 0.25) is 0 Å². The maximum absolute atomic E-state index is 13.1. The summed E-state index contributed by atoms with van der Waals surface area (Å²) >= 11 is 1.48. The van der Waals surface area contributed by atoms with Gasteiger partial charge in [-0.1, -0.05) is 19.9 Å². The molecule has 32 heavy (non-hydrogen) atoms. The number of ether oxygens (including phenoxy) is 1. The quantitative estimate of drug-likeness (QED) is 0.358. The predicted molar refractivity (Wildman–Crippen MR) is 128 cm³/mol. The van der Waals surface area contributed by atoms with E-state index in [2.05, 4.69) is 0 Å². The van der Waals surface area contributed by atoms with Crippen molar-refractivity contribution in [2.24, 2.45) is 0 Å². The number of carbonyl (C=O) groups is 2. The number of hydrogen-bond acceptors (Lipinski definition) is 6. The van der Waals surface area contributed by atoms with Gasteiger partial charge in [0.15, 0.2) is 0 Å². The summed E-state index contributed by atoms with van der Waals surface area (Å²) in [6.07, 6.45) is 0.737. The van der Waals surface area contributed by atoms with E-state index in [1.54, 1.807) is 12.0 Å². The highest BCUT2D eigenvalue weighted by atomic mass is 32.1. The van der Waals surface area contributed by atoms with Gasteiger partial charge in [0, 0.05) is 17.0 Å². The molecular weight excluding hydrogens is 424 g/mol. The van der Waals surface area contributed by atoms with Crippen molar-refractivity contribution in [2.75, 3.05) is 34.3 Å². The molecule has 172 valence electrons. The number of hydrogen-bond donors (Lipinski definition) is 1. The number of aliphatic hydroxyl groups is 1. The summed E-state index contributed by atoms with van der Waals surface area (Å²) in [5.41, 5.74) is 2.44. The number of rotatable bonds is 8. The predicted octanol–water partition coefficient (Wildman–Crippen LogP) is 4.56. The van der Waals surface area contributed by atoms with Crippen molar-refractivity contribution < 1.29 is 19.4 Å². The van der Waals surface area contributed by atoms with Crippen molar-refractivity contribution in [3.8, 4) is 5.75 Å². The van der Waals surface area contributed by atoms with Gasteiger partial charge in [-0.05, 0) is 74.6 Å². The molecule has 6 nitrogen and oxygen atoms in total. The number of amides is 1. The van der Waals surface area contributed by atoms with Crippen LogP contribution in [0.15, 0.2) is 35.2 Å². The second kappa shape index (κ2) is 9.88. The molecule has 1 N–H and O–H groups in total. The number of thiophene rings is 1. The lowest BCUT2D eigenvalue weighted by Crippen LogP contribution is -2.32. The molecule has 2 aromatic rings. The average molecular weight is 457 g/mol. The van der Waals surface area contributed by atoms with Crippen LogP contribution in [0, 0.1) is 6.92 Å². The Morgan fingerprint density at radius 3 is 2.56 bits per heavy atom. The second-order valence-electron chi connectivity index (χ2n) is 8.73.